The van der Waals surface area contributed by atoms with Crippen LogP contribution in [0.25, 0.3) is 10.9 Å². The van der Waals surface area contributed by atoms with E-state index in [-0.39, 0.29) is 23.0 Å². The standard InChI is InChI=1S/C19H13Cl2NO3/c1-2-25-19(24)15-10-22-17-13(16(15)21)8-12(20)9-14(17)18(23)11-6-4-3-5-7-11/h3-10H,2H2,1H3. The molecule has 6 heteroatoms. The molecule has 0 unspecified atom stereocenters. The van der Waals surface area contributed by atoms with E-state index < -0.39 is 5.97 Å². The zero-order valence-electron chi connectivity index (χ0n) is 13.3. The average Bonchev–Trinajstić information content (AvgIpc) is 2.62. The van der Waals surface area contributed by atoms with E-state index in [1.165, 1.54) is 6.20 Å². The third-order valence-corrected chi connectivity index (χ3v) is 4.27. The summed E-state index contributed by atoms with van der Waals surface area (Å²) in [6, 6.07) is 11.9. The number of hydrogen-bond donors (Lipinski definition) is 0. The summed E-state index contributed by atoms with van der Waals surface area (Å²) in [6.45, 7) is 1.92. The Labute approximate surface area is 154 Å². The van der Waals surface area contributed by atoms with Crippen LogP contribution in [-0.2, 0) is 4.74 Å². The lowest BCUT2D eigenvalue weighted by molar-refractivity contribution is 0.0526. The van der Waals surface area contributed by atoms with E-state index in [1.54, 1.807) is 43.3 Å². The van der Waals surface area contributed by atoms with Gasteiger partial charge in [0.25, 0.3) is 0 Å². The molecule has 0 atom stereocenters. The second-order valence-corrected chi connectivity index (χ2v) is 6.07. The Morgan fingerprint density at radius 1 is 1.08 bits per heavy atom. The first-order valence-electron chi connectivity index (χ1n) is 7.57. The molecule has 1 heterocycles. The third-order valence-electron chi connectivity index (χ3n) is 3.65. The highest BCUT2D eigenvalue weighted by atomic mass is 35.5. The quantitative estimate of drug-likeness (QED) is 0.479. The molecule has 0 aliphatic rings. The van der Waals surface area contributed by atoms with Gasteiger partial charge < -0.3 is 4.74 Å². The van der Waals surface area contributed by atoms with Crippen LogP contribution < -0.4 is 0 Å². The van der Waals surface area contributed by atoms with E-state index in [0.29, 0.717) is 27.1 Å². The van der Waals surface area contributed by atoms with Crippen LogP contribution >= 0.6 is 23.2 Å². The summed E-state index contributed by atoms with van der Waals surface area (Å²) in [7, 11) is 0. The monoisotopic (exact) mass is 373 g/mol. The van der Waals surface area contributed by atoms with Crippen LogP contribution in [0.3, 0.4) is 0 Å². The number of esters is 1. The Bertz CT molecular complexity index is 971. The molecule has 0 amide bonds. The second-order valence-electron chi connectivity index (χ2n) is 5.25. The third kappa shape index (κ3) is 3.36. The van der Waals surface area contributed by atoms with Crippen molar-refractivity contribution in [3.8, 4) is 0 Å². The first kappa shape index (κ1) is 17.4. The van der Waals surface area contributed by atoms with Gasteiger partial charge in [0.2, 0.25) is 0 Å². The minimum absolute atomic E-state index is 0.136. The molecule has 0 aliphatic carbocycles. The van der Waals surface area contributed by atoms with E-state index in [4.69, 9.17) is 27.9 Å². The summed E-state index contributed by atoms with van der Waals surface area (Å²) in [5.41, 5.74) is 1.36. The summed E-state index contributed by atoms with van der Waals surface area (Å²) in [5, 5.41) is 0.920. The molecular weight excluding hydrogens is 361 g/mol. The first-order chi connectivity index (χ1) is 12.0. The minimum Gasteiger partial charge on any atom is -0.462 e. The van der Waals surface area contributed by atoms with Crippen LogP contribution in [0, 0.1) is 0 Å². The number of nitrogens with zero attached hydrogens (tertiary/aromatic N) is 1. The summed E-state index contributed by atoms with van der Waals surface area (Å²) in [5.74, 6) is -0.793. The molecule has 1 aromatic heterocycles. The zero-order chi connectivity index (χ0) is 18.0. The highest BCUT2D eigenvalue weighted by Gasteiger charge is 2.20. The second kappa shape index (κ2) is 7.21. The number of fused-ring (bicyclic) bond motifs is 1. The molecule has 0 fully saturated rings. The van der Waals surface area contributed by atoms with Gasteiger partial charge >= 0.3 is 5.97 Å². The molecule has 25 heavy (non-hydrogen) atoms. The Hall–Kier alpha value is -2.43. The van der Waals surface area contributed by atoms with Crippen molar-refractivity contribution in [2.45, 2.75) is 6.92 Å². The highest BCUT2D eigenvalue weighted by Crippen LogP contribution is 2.32. The van der Waals surface area contributed by atoms with E-state index in [9.17, 15) is 9.59 Å². The maximum Gasteiger partial charge on any atom is 0.341 e. The van der Waals surface area contributed by atoms with Gasteiger partial charge in [-0.25, -0.2) is 4.79 Å². The molecule has 3 aromatic rings. The van der Waals surface area contributed by atoms with Crippen molar-refractivity contribution in [2.75, 3.05) is 6.61 Å². The number of halogens is 2. The molecule has 2 aromatic carbocycles. The Balaban J connectivity index is 2.20. The molecule has 0 spiro atoms. The smallest absolute Gasteiger partial charge is 0.341 e. The number of carbonyl (C=O) groups excluding carboxylic acids is 2. The molecule has 0 saturated carbocycles. The number of benzene rings is 2. The lowest BCUT2D eigenvalue weighted by atomic mass is 9.99. The van der Waals surface area contributed by atoms with Crippen molar-refractivity contribution in [3.05, 3.63) is 75.4 Å². The van der Waals surface area contributed by atoms with Gasteiger partial charge in [0.1, 0.15) is 0 Å². The van der Waals surface area contributed by atoms with Gasteiger partial charge in [0.05, 0.1) is 28.3 Å². The molecule has 126 valence electrons. The van der Waals surface area contributed by atoms with E-state index in [0.717, 1.165) is 0 Å². The van der Waals surface area contributed by atoms with Crippen LogP contribution in [0.1, 0.15) is 33.2 Å². The number of hydrogen-bond acceptors (Lipinski definition) is 4. The first-order valence-corrected chi connectivity index (χ1v) is 8.33. The van der Waals surface area contributed by atoms with Crippen molar-refractivity contribution < 1.29 is 14.3 Å². The largest absolute Gasteiger partial charge is 0.462 e. The summed E-state index contributed by atoms with van der Waals surface area (Å²) < 4.78 is 4.97. The maximum atomic E-state index is 12.8. The SMILES string of the molecule is CCOC(=O)c1cnc2c(C(=O)c3ccccc3)cc(Cl)cc2c1Cl. The normalized spacial score (nSPS) is 10.7. The van der Waals surface area contributed by atoms with Gasteiger partial charge in [-0.1, -0.05) is 53.5 Å². The van der Waals surface area contributed by atoms with Crippen LogP contribution in [0.4, 0.5) is 0 Å². The van der Waals surface area contributed by atoms with E-state index in [1.807, 2.05) is 6.07 Å². The van der Waals surface area contributed by atoms with Crippen LogP contribution in [0.15, 0.2) is 48.7 Å². The number of rotatable bonds is 4. The van der Waals surface area contributed by atoms with Gasteiger partial charge in [0, 0.05) is 22.2 Å². The zero-order valence-corrected chi connectivity index (χ0v) is 14.8. The number of pyridine rings is 1. The molecule has 0 saturated heterocycles. The van der Waals surface area contributed by atoms with Crippen LogP contribution in [-0.4, -0.2) is 23.3 Å². The summed E-state index contributed by atoms with van der Waals surface area (Å²) in [4.78, 5) is 29.1. The highest BCUT2D eigenvalue weighted by molar-refractivity contribution is 6.40. The van der Waals surface area contributed by atoms with Gasteiger partial charge in [-0.05, 0) is 19.1 Å². The summed E-state index contributed by atoms with van der Waals surface area (Å²) >= 11 is 12.5. The predicted molar refractivity (Wildman–Crippen MR) is 97.6 cm³/mol. The minimum atomic E-state index is -0.571. The van der Waals surface area contributed by atoms with E-state index >= 15 is 0 Å². The summed E-state index contributed by atoms with van der Waals surface area (Å²) in [6.07, 6.45) is 1.32. The van der Waals surface area contributed by atoms with Crippen molar-refractivity contribution in [1.82, 2.24) is 4.98 Å². The van der Waals surface area contributed by atoms with Crippen LogP contribution in [0.2, 0.25) is 10.0 Å². The lowest BCUT2D eigenvalue weighted by Gasteiger charge is -2.10. The van der Waals surface area contributed by atoms with E-state index in [2.05, 4.69) is 4.98 Å². The molecule has 4 nitrogen and oxygen atoms in total. The van der Waals surface area contributed by atoms with Crippen molar-refractivity contribution in [3.63, 3.8) is 0 Å². The van der Waals surface area contributed by atoms with Crippen molar-refractivity contribution in [2.24, 2.45) is 0 Å². The Kier molecular flexibility index (Phi) is 5.02. The number of ether oxygens (including phenoxy) is 1. The number of carbonyl (C=O) groups is 2. The van der Waals surface area contributed by atoms with Gasteiger partial charge in [0.15, 0.2) is 5.78 Å². The van der Waals surface area contributed by atoms with Crippen molar-refractivity contribution in [1.29, 1.82) is 0 Å². The number of ketones is 1. The van der Waals surface area contributed by atoms with Crippen molar-refractivity contribution >= 4 is 45.9 Å². The fourth-order valence-electron chi connectivity index (χ4n) is 2.51. The van der Waals surface area contributed by atoms with Gasteiger partial charge in [-0.15, -0.1) is 0 Å². The lowest BCUT2D eigenvalue weighted by Crippen LogP contribution is -2.08. The fourth-order valence-corrected chi connectivity index (χ4v) is 2.99. The molecule has 0 radical (unpaired) electrons. The fraction of sp³-hybridized carbons (Fsp3) is 0.105. The number of aromatic nitrogens is 1. The predicted octanol–water partition coefficient (Wildman–Crippen LogP) is 4.95. The average molecular weight is 374 g/mol. The topological polar surface area (TPSA) is 56.3 Å². The maximum absolute atomic E-state index is 12.8. The Morgan fingerprint density at radius 3 is 2.48 bits per heavy atom. The molecule has 3 rings (SSSR count). The Morgan fingerprint density at radius 2 is 1.80 bits per heavy atom. The van der Waals surface area contributed by atoms with Gasteiger partial charge in [-0.2, -0.15) is 0 Å². The molecule has 0 bridgehead atoms. The molecular formula is C19H13Cl2NO3. The molecule has 0 N–H and O–H groups in total. The van der Waals surface area contributed by atoms with Gasteiger partial charge in [-0.3, -0.25) is 9.78 Å². The van der Waals surface area contributed by atoms with Crippen LogP contribution in [0.5, 0.6) is 0 Å². The molecule has 0 aliphatic heterocycles.